The molecule has 0 bridgehead atoms. The molecule has 36 heavy (non-hydrogen) atoms. The van der Waals surface area contributed by atoms with E-state index in [9.17, 15) is 26.4 Å². The molecular weight excluding hydrogens is 523 g/mol. The maximum atomic E-state index is 13.2. The van der Waals surface area contributed by atoms with Crippen LogP contribution in [0.15, 0.2) is 65.6 Å². The molecule has 1 fully saturated rings. The van der Waals surface area contributed by atoms with E-state index in [0.29, 0.717) is 18.7 Å². The Bertz CT molecular complexity index is 1480. The number of benzene rings is 1. The Balaban J connectivity index is 0.000000187. The maximum absolute atomic E-state index is 13.2. The summed E-state index contributed by atoms with van der Waals surface area (Å²) < 4.78 is 70.3. The third-order valence-corrected chi connectivity index (χ3v) is 7.64. The lowest BCUT2D eigenvalue weighted by atomic mass is 10.1. The number of imidazole rings is 1. The van der Waals surface area contributed by atoms with Crippen molar-refractivity contribution in [3.8, 4) is 11.1 Å². The number of pyridine rings is 1. The number of hydrogen-bond donors (Lipinski definition) is 1. The number of aromatic nitrogens is 2. The van der Waals surface area contributed by atoms with Crippen LogP contribution in [0.5, 0.6) is 0 Å². The van der Waals surface area contributed by atoms with Crippen LogP contribution in [0.4, 0.5) is 13.2 Å². The van der Waals surface area contributed by atoms with Crippen molar-refractivity contribution in [3.63, 3.8) is 0 Å². The number of nitrogens with zero attached hydrogens (tertiary/aromatic N) is 3. The average Bonchev–Trinajstić information content (AvgIpc) is 3.40. The Hall–Kier alpha value is -3.35. The number of halogens is 4. The van der Waals surface area contributed by atoms with E-state index in [1.807, 2.05) is 30.3 Å². The molecule has 13 heteroatoms. The Labute approximate surface area is 208 Å². The van der Waals surface area contributed by atoms with Gasteiger partial charge in [0, 0.05) is 30.4 Å². The molecule has 0 unspecified atom stereocenters. The molecule has 190 valence electrons. The maximum Gasteiger partial charge on any atom is 0.420 e. The number of carboxylic acids is 1. The Morgan fingerprint density at radius 3 is 2.36 bits per heavy atom. The van der Waals surface area contributed by atoms with Crippen LogP contribution < -0.4 is 0 Å². The first kappa shape index (κ1) is 25.7. The number of fused-ring (bicyclic) bond motifs is 1. The summed E-state index contributed by atoms with van der Waals surface area (Å²) in [5.74, 6) is -1.37. The van der Waals surface area contributed by atoms with E-state index in [4.69, 9.17) is 21.1 Å². The molecule has 0 amide bonds. The van der Waals surface area contributed by atoms with Gasteiger partial charge in [0.15, 0.2) is 11.3 Å². The highest BCUT2D eigenvalue weighted by Crippen LogP contribution is 2.37. The smallest absolute Gasteiger partial charge is 0.420 e. The quantitative estimate of drug-likeness (QED) is 0.373. The van der Waals surface area contributed by atoms with Crippen LogP contribution in [0.3, 0.4) is 0 Å². The zero-order valence-electron chi connectivity index (χ0n) is 18.4. The van der Waals surface area contributed by atoms with Crippen LogP contribution in [-0.2, 0) is 22.0 Å². The molecule has 5 rings (SSSR count). The molecule has 1 aliphatic heterocycles. The molecule has 1 N–H and O–H groups in total. The second-order valence-corrected chi connectivity index (χ2v) is 10.2. The fourth-order valence-corrected chi connectivity index (χ4v) is 5.35. The van der Waals surface area contributed by atoms with Crippen molar-refractivity contribution in [2.75, 3.05) is 13.1 Å². The molecule has 4 heterocycles. The van der Waals surface area contributed by atoms with Crippen LogP contribution in [0, 0.1) is 0 Å². The second-order valence-electron chi connectivity index (χ2n) is 7.90. The van der Waals surface area contributed by atoms with Crippen LogP contribution in [0.2, 0.25) is 5.15 Å². The first-order valence-corrected chi connectivity index (χ1v) is 12.5. The van der Waals surface area contributed by atoms with Crippen molar-refractivity contribution in [2.45, 2.75) is 18.3 Å². The van der Waals surface area contributed by atoms with Gasteiger partial charge in [-0.05, 0) is 24.1 Å². The predicted molar refractivity (Wildman–Crippen MR) is 125 cm³/mol. The molecule has 1 aliphatic rings. The van der Waals surface area contributed by atoms with E-state index in [2.05, 4.69) is 4.98 Å². The predicted octanol–water partition coefficient (Wildman–Crippen LogP) is 5.19. The largest absolute Gasteiger partial charge is 0.476 e. The summed E-state index contributed by atoms with van der Waals surface area (Å²) in [5.41, 5.74) is -0.863. The number of aromatic carboxylic acids is 1. The number of rotatable bonds is 5. The van der Waals surface area contributed by atoms with E-state index in [1.165, 1.54) is 24.8 Å². The van der Waals surface area contributed by atoms with Crippen LogP contribution >= 0.6 is 11.6 Å². The molecule has 8 nitrogen and oxygen atoms in total. The fourth-order valence-electron chi connectivity index (χ4n) is 3.49. The molecule has 3 aromatic heterocycles. The highest BCUT2D eigenvalue weighted by Gasteiger charge is 2.36. The van der Waals surface area contributed by atoms with Gasteiger partial charge < -0.3 is 9.52 Å². The van der Waals surface area contributed by atoms with Gasteiger partial charge in [-0.2, -0.15) is 13.2 Å². The van der Waals surface area contributed by atoms with Crippen LogP contribution in [0.25, 0.3) is 16.8 Å². The standard InChI is InChI=1S/C13H6ClF3N2O3.C10H13NO2S/c14-10-9(12(20)21)18-11-8(13(15,16)17)3-7(4-19(10)11)6-1-2-22-5-6;12-14(13,11-7-4-8-11)9-10-5-2-1-3-6-10/h1-5H,(H,20,21);1-3,5-6H,4,7-9H2. The van der Waals surface area contributed by atoms with Crippen molar-refractivity contribution in [1.29, 1.82) is 0 Å². The summed E-state index contributed by atoms with van der Waals surface area (Å²) in [6.07, 6.45) is 0.131. The van der Waals surface area contributed by atoms with Crippen molar-refractivity contribution in [1.82, 2.24) is 13.7 Å². The van der Waals surface area contributed by atoms with E-state index in [1.54, 1.807) is 4.31 Å². The van der Waals surface area contributed by atoms with Gasteiger partial charge in [0.2, 0.25) is 10.0 Å². The molecule has 0 aliphatic carbocycles. The summed E-state index contributed by atoms with van der Waals surface area (Å²) in [6.45, 7) is 1.38. The molecule has 1 aromatic carbocycles. The monoisotopic (exact) mass is 541 g/mol. The number of alkyl halides is 3. The van der Waals surface area contributed by atoms with Gasteiger partial charge in [-0.3, -0.25) is 4.40 Å². The number of sulfonamides is 1. The number of carboxylic acid groups (broad SMARTS) is 1. The van der Waals surface area contributed by atoms with Gasteiger partial charge in [0.05, 0.1) is 23.8 Å². The van der Waals surface area contributed by atoms with Crippen LogP contribution in [0.1, 0.15) is 28.0 Å². The zero-order chi connectivity index (χ0) is 26.1. The van der Waals surface area contributed by atoms with Gasteiger partial charge in [-0.15, -0.1) is 0 Å². The minimum absolute atomic E-state index is 0.133. The van der Waals surface area contributed by atoms with Gasteiger partial charge in [-0.1, -0.05) is 41.9 Å². The van der Waals surface area contributed by atoms with Gasteiger partial charge in [0.1, 0.15) is 5.15 Å². The Morgan fingerprint density at radius 1 is 1.14 bits per heavy atom. The molecule has 0 saturated carbocycles. The third kappa shape index (κ3) is 5.40. The summed E-state index contributed by atoms with van der Waals surface area (Å²) in [5, 5.41) is 8.55. The average molecular weight is 542 g/mol. The van der Waals surface area contributed by atoms with E-state index in [-0.39, 0.29) is 11.3 Å². The molecule has 4 aromatic rings. The summed E-state index contributed by atoms with van der Waals surface area (Å²) >= 11 is 5.84. The normalized spacial score (nSPS) is 14.2. The lowest BCUT2D eigenvalue weighted by molar-refractivity contribution is -0.136. The SMILES string of the molecule is O=C(O)c1nc2c(C(F)(F)F)cc(-c3ccoc3)cn2c1Cl.O=S(=O)(Cc1ccccc1)N1CCC1. The molecular formula is C23H19ClF3N3O5S. The highest BCUT2D eigenvalue weighted by molar-refractivity contribution is 7.88. The molecule has 0 radical (unpaired) electrons. The van der Waals surface area contributed by atoms with Crippen molar-refractivity contribution >= 4 is 33.2 Å². The second kappa shape index (κ2) is 9.96. The van der Waals surface area contributed by atoms with E-state index < -0.39 is 44.2 Å². The summed E-state index contributed by atoms with van der Waals surface area (Å²) in [4.78, 5) is 14.5. The van der Waals surface area contributed by atoms with Crippen molar-refractivity contribution in [2.24, 2.45) is 0 Å². The minimum Gasteiger partial charge on any atom is -0.476 e. The number of hydrogen-bond acceptors (Lipinski definition) is 5. The Kier molecular flexibility index (Phi) is 7.12. The van der Waals surface area contributed by atoms with Gasteiger partial charge in [-0.25, -0.2) is 22.5 Å². The van der Waals surface area contributed by atoms with Gasteiger partial charge in [0.25, 0.3) is 0 Å². The first-order valence-electron chi connectivity index (χ1n) is 10.5. The van der Waals surface area contributed by atoms with E-state index in [0.717, 1.165) is 22.5 Å². The van der Waals surface area contributed by atoms with Crippen molar-refractivity contribution < 1.29 is 35.9 Å². The van der Waals surface area contributed by atoms with Crippen molar-refractivity contribution in [3.05, 3.63) is 83.2 Å². The third-order valence-electron chi connectivity index (χ3n) is 5.42. The number of furan rings is 1. The van der Waals surface area contributed by atoms with E-state index >= 15 is 0 Å². The lowest BCUT2D eigenvalue weighted by Crippen LogP contribution is -2.42. The fraction of sp³-hybridized carbons (Fsp3) is 0.217. The molecule has 0 spiro atoms. The van der Waals surface area contributed by atoms with Crippen LogP contribution in [-0.4, -0.2) is 46.3 Å². The zero-order valence-corrected chi connectivity index (χ0v) is 20.0. The summed E-state index contributed by atoms with van der Waals surface area (Å²) in [7, 11) is -3.04. The molecule has 0 atom stereocenters. The Morgan fingerprint density at radius 2 is 1.83 bits per heavy atom. The minimum atomic E-state index is -4.72. The first-order chi connectivity index (χ1) is 17.0. The lowest BCUT2D eigenvalue weighted by Gasteiger charge is -2.29. The highest BCUT2D eigenvalue weighted by atomic mass is 35.5. The molecule has 1 saturated heterocycles. The number of carbonyl (C=O) groups is 1. The van der Waals surface area contributed by atoms with Gasteiger partial charge >= 0.3 is 12.1 Å². The summed E-state index contributed by atoms with van der Waals surface area (Å²) in [6, 6.07) is 11.6. The topological polar surface area (TPSA) is 105 Å².